The van der Waals surface area contributed by atoms with E-state index < -0.39 is 23.8 Å². The van der Waals surface area contributed by atoms with E-state index in [4.69, 9.17) is 46.4 Å². The van der Waals surface area contributed by atoms with Crippen LogP contribution in [-0.4, -0.2) is 22.2 Å². The van der Waals surface area contributed by atoms with Crippen LogP contribution in [0.5, 0.6) is 0 Å². The molecule has 0 aromatic heterocycles. The van der Waals surface area contributed by atoms with Gasteiger partial charge in [0.15, 0.2) is 0 Å². The summed E-state index contributed by atoms with van der Waals surface area (Å²) in [6.07, 6.45) is -0.759. The van der Waals surface area contributed by atoms with E-state index in [1.807, 2.05) is 0 Å². The zero-order valence-electron chi connectivity index (χ0n) is 11.9. The number of halogens is 4. The molecular weight excluding hydrogens is 398 g/mol. The average Bonchev–Trinajstić information content (AvgIpc) is 2.45. The summed E-state index contributed by atoms with van der Waals surface area (Å²) in [6.45, 7) is 0. The van der Waals surface area contributed by atoms with Crippen molar-refractivity contribution in [1.29, 1.82) is 0 Å². The molecule has 0 aliphatic rings. The third-order valence-corrected chi connectivity index (χ3v) is 4.66. The van der Waals surface area contributed by atoms with E-state index in [9.17, 15) is 19.8 Å². The quantitative estimate of drug-likeness (QED) is 0.718. The van der Waals surface area contributed by atoms with Crippen LogP contribution in [0.3, 0.4) is 0 Å². The summed E-state index contributed by atoms with van der Waals surface area (Å²) in [5.41, 5.74) is -1.84. The lowest BCUT2D eigenvalue weighted by Crippen LogP contribution is -2.40. The van der Waals surface area contributed by atoms with E-state index in [0.29, 0.717) is 10.0 Å². The van der Waals surface area contributed by atoms with Crippen LogP contribution in [0.4, 0.5) is 0 Å². The average molecular weight is 408 g/mol. The van der Waals surface area contributed by atoms with Crippen molar-refractivity contribution >= 4 is 58.3 Å². The Morgan fingerprint density at radius 2 is 1.25 bits per heavy atom. The van der Waals surface area contributed by atoms with Gasteiger partial charge in [-0.05, 0) is 35.4 Å². The molecular formula is C16H10Cl4O4. The molecule has 0 heterocycles. The Hall–Kier alpha value is -1.46. The molecule has 2 aromatic carbocycles. The monoisotopic (exact) mass is 406 g/mol. The van der Waals surface area contributed by atoms with E-state index >= 15 is 0 Å². The fourth-order valence-electron chi connectivity index (χ4n) is 2.54. The van der Waals surface area contributed by atoms with Crippen molar-refractivity contribution in [1.82, 2.24) is 0 Å². The van der Waals surface area contributed by atoms with Gasteiger partial charge in [0.2, 0.25) is 0 Å². The van der Waals surface area contributed by atoms with Gasteiger partial charge >= 0.3 is 11.9 Å². The van der Waals surface area contributed by atoms with Crippen molar-refractivity contribution in [3.05, 3.63) is 67.6 Å². The number of carboxylic acid groups (broad SMARTS) is 2. The van der Waals surface area contributed by atoms with Gasteiger partial charge in [0.05, 0.1) is 6.42 Å². The fraction of sp³-hybridized carbons (Fsp3) is 0.125. The van der Waals surface area contributed by atoms with Crippen molar-refractivity contribution < 1.29 is 19.8 Å². The lowest BCUT2D eigenvalue weighted by atomic mass is 9.72. The van der Waals surface area contributed by atoms with Crippen molar-refractivity contribution in [2.45, 2.75) is 11.8 Å². The molecule has 2 aromatic rings. The normalized spacial score (nSPS) is 11.3. The van der Waals surface area contributed by atoms with Crippen molar-refractivity contribution in [2.24, 2.45) is 0 Å². The van der Waals surface area contributed by atoms with Gasteiger partial charge in [0.1, 0.15) is 5.41 Å². The van der Waals surface area contributed by atoms with Crippen LogP contribution in [-0.2, 0) is 15.0 Å². The number of benzene rings is 2. The van der Waals surface area contributed by atoms with Crippen LogP contribution in [0, 0.1) is 0 Å². The highest BCUT2D eigenvalue weighted by atomic mass is 35.5. The van der Waals surface area contributed by atoms with Crippen molar-refractivity contribution in [2.75, 3.05) is 0 Å². The molecule has 0 spiro atoms. The molecule has 0 atom stereocenters. The Morgan fingerprint density at radius 1 is 0.833 bits per heavy atom. The van der Waals surface area contributed by atoms with Gasteiger partial charge in [-0.2, -0.15) is 0 Å². The summed E-state index contributed by atoms with van der Waals surface area (Å²) in [7, 11) is 0. The molecule has 126 valence electrons. The SMILES string of the molecule is O=C(O)CC(C(=O)O)(c1ccc(Cl)cc1Cl)c1ccc(Cl)cc1Cl. The molecule has 0 radical (unpaired) electrons. The molecule has 0 saturated heterocycles. The molecule has 0 amide bonds. The number of rotatable bonds is 5. The molecule has 0 aliphatic heterocycles. The predicted molar refractivity (Wildman–Crippen MR) is 93.6 cm³/mol. The number of carbonyl (C=O) groups is 2. The van der Waals surface area contributed by atoms with Crippen LogP contribution in [0.1, 0.15) is 17.5 Å². The maximum absolute atomic E-state index is 12.2. The van der Waals surface area contributed by atoms with Gasteiger partial charge in [0, 0.05) is 20.1 Å². The minimum atomic E-state index is -1.99. The van der Waals surface area contributed by atoms with Gasteiger partial charge in [-0.3, -0.25) is 9.59 Å². The summed E-state index contributed by atoms with van der Waals surface area (Å²) in [5.74, 6) is -2.73. The van der Waals surface area contributed by atoms with Crippen LogP contribution < -0.4 is 0 Å². The Bertz CT molecular complexity index is 768. The highest BCUT2D eigenvalue weighted by Crippen LogP contribution is 2.44. The number of hydrogen-bond acceptors (Lipinski definition) is 2. The topological polar surface area (TPSA) is 74.6 Å². The first kappa shape index (κ1) is 18.9. The maximum Gasteiger partial charge on any atom is 0.319 e. The third kappa shape index (κ3) is 3.47. The van der Waals surface area contributed by atoms with Crippen LogP contribution in [0.15, 0.2) is 36.4 Å². The first-order chi connectivity index (χ1) is 11.2. The van der Waals surface area contributed by atoms with Gasteiger partial charge in [-0.1, -0.05) is 58.5 Å². The lowest BCUT2D eigenvalue weighted by Gasteiger charge is -2.31. The minimum Gasteiger partial charge on any atom is -0.481 e. The zero-order chi connectivity index (χ0) is 18.1. The van der Waals surface area contributed by atoms with Gasteiger partial charge in [0.25, 0.3) is 0 Å². The van der Waals surface area contributed by atoms with Crippen LogP contribution in [0.2, 0.25) is 20.1 Å². The maximum atomic E-state index is 12.2. The molecule has 0 unspecified atom stereocenters. The summed E-state index contributed by atoms with van der Waals surface area (Å²) in [4.78, 5) is 23.6. The van der Waals surface area contributed by atoms with Gasteiger partial charge in [-0.15, -0.1) is 0 Å². The highest BCUT2D eigenvalue weighted by Gasteiger charge is 2.47. The molecule has 4 nitrogen and oxygen atoms in total. The first-order valence-corrected chi connectivity index (χ1v) is 8.06. The van der Waals surface area contributed by atoms with Gasteiger partial charge < -0.3 is 10.2 Å². The fourth-order valence-corrected chi connectivity index (χ4v) is 3.68. The molecule has 2 rings (SSSR count). The third-order valence-electron chi connectivity index (χ3n) is 3.56. The lowest BCUT2D eigenvalue weighted by molar-refractivity contribution is -0.148. The minimum absolute atomic E-state index is 0.0252. The van der Waals surface area contributed by atoms with Crippen LogP contribution in [0.25, 0.3) is 0 Å². The zero-order valence-corrected chi connectivity index (χ0v) is 14.9. The van der Waals surface area contributed by atoms with E-state index in [1.165, 1.54) is 36.4 Å². The second-order valence-corrected chi connectivity index (χ2v) is 6.72. The first-order valence-electron chi connectivity index (χ1n) is 6.54. The summed E-state index contributed by atoms with van der Waals surface area (Å²) in [6, 6.07) is 8.33. The van der Waals surface area contributed by atoms with Crippen LogP contribution >= 0.6 is 46.4 Å². The van der Waals surface area contributed by atoms with E-state index in [2.05, 4.69) is 0 Å². The second-order valence-electron chi connectivity index (χ2n) is 5.03. The number of aliphatic carboxylic acids is 2. The summed E-state index contributed by atoms with van der Waals surface area (Å²) in [5, 5.41) is 19.9. The molecule has 24 heavy (non-hydrogen) atoms. The van der Waals surface area contributed by atoms with E-state index in [1.54, 1.807) is 0 Å². The largest absolute Gasteiger partial charge is 0.481 e. The molecule has 0 aliphatic carbocycles. The molecule has 0 saturated carbocycles. The highest BCUT2D eigenvalue weighted by molar-refractivity contribution is 6.36. The van der Waals surface area contributed by atoms with Crippen molar-refractivity contribution in [3.63, 3.8) is 0 Å². The molecule has 2 N–H and O–H groups in total. The standard InChI is InChI=1S/C16H10Cl4O4/c17-8-1-3-10(12(19)5-8)16(15(23)24,7-14(21)22)11-4-2-9(18)6-13(11)20/h1-6H,7H2,(H,21,22)(H,23,24). The van der Waals surface area contributed by atoms with E-state index in [-0.39, 0.29) is 21.2 Å². The summed E-state index contributed by atoms with van der Waals surface area (Å²) < 4.78 is 0. The van der Waals surface area contributed by atoms with Crippen molar-refractivity contribution in [3.8, 4) is 0 Å². The number of carboxylic acids is 2. The molecule has 0 fully saturated rings. The molecule has 8 heteroatoms. The Kier molecular flexibility index (Phi) is 5.66. The Morgan fingerprint density at radius 3 is 1.54 bits per heavy atom. The van der Waals surface area contributed by atoms with Gasteiger partial charge in [-0.25, -0.2) is 0 Å². The van der Waals surface area contributed by atoms with E-state index in [0.717, 1.165) is 0 Å². The second kappa shape index (κ2) is 7.19. The molecule has 0 bridgehead atoms. The Balaban J connectivity index is 2.87. The Labute approximate surface area is 157 Å². The number of hydrogen-bond donors (Lipinski definition) is 2. The summed E-state index contributed by atoms with van der Waals surface area (Å²) >= 11 is 24.0. The smallest absolute Gasteiger partial charge is 0.319 e. The predicted octanol–water partition coefficient (Wildman–Crippen LogP) is 5.15.